The molecule has 9 heteroatoms. The molecule has 0 unspecified atom stereocenters. The Morgan fingerprint density at radius 2 is 1.91 bits per heavy atom. The van der Waals surface area contributed by atoms with Crippen LogP contribution in [0.15, 0.2) is 64.9 Å². The third kappa shape index (κ3) is 5.22. The van der Waals surface area contributed by atoms with Gasteiger partial charge in [-0.15, -0.1) is 11.3 Å². The number of methoxy groups -OCH3 is 1. The normalized spacial score (nSPS) is 23.8. The maximum atomic E-state index is 13.0. The van der Waals surface area contributed by atoms with Gasteiger partial charge in [0.05, 0.1) is 12.8 Å². The van der Waals surface area contributed by atoms with Crippen molar-refractivity contribution < 1.29 is 13.2 Å². The molecule has 2 bridgehead atoms. The second-order valence-corrected chi connectivity index (χ2v) is 13.1. The van der Waals surface area contributed by atoms with Crippen molar-refractivity contribution in [1.82, 2.24) is 10.0 Å². The molecule has 0 spiro atoms. The average molecular weight is 532 g/mol. The number of benzene rings is 2. The summed E-state index contributed by atoms with van der Waals surface area (Å²) in [6.07, 6.45) is 3.26. The zero-order valence-corrected chi connectivity index (χ0v) is 22.0. The van der Waals surface area contributed by atoms with Gasteiger partial charge in [0.25, 0.3) is 0 Å². The summed E-state index contributed by atoms with van der Waals surface area (Å²) in [7, 11) is -2.09. The van der Waals surface area contributed by atoms with E-state index < -0.39 is 10.0 Å². The molecule has 5 rings (SSSR count). The van der Waals surface area contributed by atoms with E-state index in [0.717, 1.165) is 55.0 Å². The highest BCUT2D eigenvalue weighted by atomic mass is 35.5. The standard InChI is InChI=1S/C26H30ClN3O3S2/c1-33-21-9-7-19(8-10-21)15-29-35(31,32)23-13-22(25(27)34-23)30-24-20-11-12-26(24,17-28-16-20)14-18-5-3-2-4-6-18/h2-10,13,20,24,28-30H,11-12,14-17H2,1H3/t20-,24-,26+/m0/s1. The molecule has 3 atom stereocenters. The Balaban J connectivity index is 1.32. The second-order valence-electron chi connectivity index (χ2n) is 9.50. The Kier molecular flexibility index (Phi) is 7.10. The van der Waals surface area contributed by atoms with Gasteiger partial charge in [0.2, 0.25) is 10.0 Å². The number of sulfonamides is 1. The van der Waals surface area contributed by atoms with E-state index in [1.54, 1.807) is 13.2 Å². The monoisotopic (exact) mass is 531 g/mol. The topological polar surface area (TPSA) is 79.5 Å². The summed E-state index contributed by atoms with van der Waals surface area (Å²) in [5.41, 5.74) is 2.95. The van der Waals surface area contributed by atoms with Gasteiger partial charge in [-0.25, -0.2) is 13.1 Å². The zero-order chi connectivity index (χ0) is 24.5. The van der Waals surface area contributed by atoms with Gasteiger partial charge in [0.1, 0.15) is 14.3 Å². The van der Waals surface area contributed by atoms with Gasteiger partial charge in [0.15, 0.2) is 0 Å². The minimum absolute atomic E-state index is 0.0706. The Bertz CT molecular complexity index is 1260. The fraction of sp³-hybridized carbons (Fsp3) is 0.385. The first-order chi connectivity index (χ1) is 16.9. The number of fused-ring (bicyclic) bond motifs is 2. The maximum Gasteiger partial charge on any atom is 0.250 e. The number of ether oxygens (including phenoxy) is 1. The summed E-state index contributed by atoms with van der Waals surface area (Å²) in [5, 5.41) is 7.31. The fourth-order valence-corrected chi connectivity index (χ4v) is 8.21. The minimum Gasteiger partial charge on any atom is -0.497 e. The minimum atomic E-state index is -3.69. The van der Waals surface area contributed by atoms with Crippen LogP contribution in [-0.2, 0) is 23.0 Å². The average Bonchev–Trinajstić information content (AvgIpc) is 3.32. The highest BCUT2D eigenvalue weighted by molar-refractivity contribution is 7.91. The van der Waals surface area contributed by atoms with E-state index in [0.29, 0.717) is 15.9 Å². The van der Waals surface area contributed by atoms with Crippen molar-refractivity contribution in [2.75, 3.05) is 25.5 Å². The van der Waals surface area contributed by atoms with Crippen molar-refractivity contribution in [3.05, 3.63) is 76.1 Å². The van der Waals surface area contributed by atoms with Gasteiger partial charge in [0, 0.05) is 24.5 Å². The van der Waals surface area contributed by atoms with Crippen molar-refractivity contribution in [2.24, 2.45) is 11.3 Å². The Labute approximate surface area is 216 Å². The molecule has 2 aromatic carbocycles. The smallest absolute Gasteiger partial charge is 0.250 e. The first-order valence-electron chi connectivity index (χ1n) is 11.8. The van der Waals surface area contributed by atoms with Crippen LogP contribution in [0.4, 0.5) is 5.69 Å². The molecule has 1 aliphatic heterocycles. The molecular weight excluding hydrogens is 502 g/mol. The third-order valence-corrected chi connectivity index (χ3v) is 10.5. The summed E-state index contributed by atoms with van der Waals surface area (Å²) < 4.78 is 34.6. The predicted octanol–water partition coefficient (Wildman–Crippen LogP) is 4.91. The zero-order valence-electron chi connectivity index (χ0n) is 19.6. The summed E-state index contributed by atoms with van der Waals surface area (Å²) in [4.78, 5) is 0. The number of hydrogen-bond donors (Lipinski definition) is 3. The highest BCUT2D eigenvalue weighted by Gasteiger charge is 2.50. The number of rotatable bonds is 9. The summed E-state index contributed by atoms with van der Waals surface area (Å²) >= 11 is 7.67. The van der Waals surface area contributed by atoms with Crippen molar-refractivity contribution in [1.29, 1.82) is 0 Å². The number of nitrogens with one attached hydrogen (secondary N) is 3. The lowest BCUT2D eigenvalue weighted by atomic mass is 9.73. The van der Waals surface area contributed by atoms with Crippen molar-refractivity contribution in [3.8, 4) is 5.75 Å². The van der Waals surface area contributed by atoms with E-state index in [4.69, 9.17) is 16.3 Å². The number of thiophene rings is 1. The highest BCUT2D eigenvalue weighted by Crippen LogP contribution is 2.49. The molecule has 1 aromatic heterocycles. The lowest BCUT2D eigenvalue weighted by Crippen LogP contribution is -2.54. The molecule has 35 heavy (non-hydrogen) atoms. The molecule has 1 saturated heterocycles. The molecule has 3 aromatic rings. The van der Waals surface area contributed by atoms with Crippen LogP contribution in [0.3, 0.4) is 0 Å². The predicted molar refractivity (Wildman–Crippen MR) is 142 cm³/mol. The Hall–Kier alpha value is -2.10. The van der Waals surface area contributed by atoms with E-state index in [1.165, 1.54) is 5.56 Å². The van der Waals surface area contributed by atoms with Crippen molar-refractivity contribution in [3.63, 3.8) is 0 Å². The van der Waals surface area contributed by atoms with Crippen LogP contribution in [0, 0.1) is 11.3 Å². The molecule has 2 heterocycles. The number of anilines is 1. The van der Waals surface area contributed by atoms with E-state index in [1.807, 2.05) is 30.3 Å². The van der Waals surface area contributed by atoms with E-state index >= 15 is 0 Å². The van der Waals surface area contributed by atoms with Crippen LogP contribution in [0.5, 0.6) is 5.75 Å². The SMILES string of the molecule is COc1ccc(CNS(=O)(=O)c2cc(N[C@H]3[C@H]4CC[C@@]3(Cc3ccccc3)CNC4)c(Cl)s2)cc1. The lowest BCUT2D eigenvalue weighted by Gasteiger charge is -2.43. The van der Waals surface area contributed by atoms with Gasteiger partial charge >= 0.3 is 0 Å². The van der Waals surface area contributed by atoms with Gasteiger partial charge in [-0.2, -0.15) is 0 Å². The molecule has 2 aliphatic rings. The Morgan fingerprint density at radius 1 is 1.14 bits per heavy atom. The molecule has 1 saturated carbocycles. The molecule has 3 N–H and O–H groups in total. The van der Waals surface area contributed by atoms with E-state index in [2.05, 4.69) is 39.6 Å². The third-order valence-electron chi connectivity index (χ3n) is 7.29. The first-order valence-corrected chi connectivity index (χ1v) is 14.5. The molecule has 0 amide bonds. The molecule has 1 aliphatic carbocycles. The van der Waals surface area contributed by atoms with Crippen molar-refractivity contribution >= 4 is 38.6 Å². The lowest BCUT2D eigenvalue weighted by molar-refractivity contribution is 0.202. The van der Waals surface area contributed by atoms with E-state index in [-0.39, 0.29) is 22.2 Å². The van der Waals surface area contributed by atoms with E-state index in [9.17, 15) is 8.42 Å². The summed E-state index contributed by atoms with van der Waals surface area (Å²) in [5.74, 6) is 1.21. The number of piperidine rings is 1. The molecule has 2 fully saturated rings. The molecule has 6 nitrogen and oxygen atoms in total. The van der Waals surface area contributed by atoms with Gasteiger partial charge in [-0.1, -0.05) is 54.1 Å². The van der Waals surface area contributed by atoms with Crippen LogP contribution in [0.25, 0.3) is 0 Å². The van der Waals surface area contributed by atoms with Crippen LogP contribution < -0.4 is 20.1 Å². The number of halogens is 1. The fourth-order valence-electron chi connectivity index (χ4n) is 5.49. The van der Waals surface area contributed by atoms with Gasteiger partial charge in [-0.05, 0) is 61.1 Å². The first kappa shape index (κ1) is 24.6. The largest absolute Gasteiger partial charge is 0.497 e. The van der Waals surface area contributed by atoms with Crippen LogP contribution in [0.2, 0.25) is 4.34 Å². The van der Waals surface area contributed by atoms with Crippen LogP contribution in [-0.4, -0.2) is 34.7 Å². The maximum absolute atomic E-state index is 13.0. The second kappa shape index (κ2) is 10.1. The molecule has 186 valence electrons. The van der Waals surface area contributed by atoms with Gasteiger partial charge in [-0.3, -0.25) is 0 Å². The van der Waals surface area contributed by atoms with Crippen LogP contribution in [0.1, 0.15) is 24.0 Å². The summed E-state index contributed by atoms with van der Waals surface area (Å²) in [6, 6.07) is 19.8. The molecule has 0 radical (unpaired) electrons. The van der Waals surface area contributed by atoms with Crippen molar-refractivity contribution in [2.45, 2.75) is 36.1 Å². The number of hydrogen-bond acceptors (Lipinski definition) is 6. The van der Waals surface area contributed by atoms with Gasteiger partial charge < -0.3 is 15.4 Å². The van der Waals surface area contributed by atoms with Crippen LogP contribution >= 0.6 is 22.9 Å². The summed E-state index contributed by atoms with van der Waals surface area (Å²) in [6.45, 7) is 2.10. The molecular formula is C26H30ClN3O3S2. The Morgan fingerprint density at radius 3 is 2.66 bits per heavy atom. The quantitative estimate of drug-likeness (QED) is 0.365.